The van der Waals surface area contributed by atoms with Crippen LogP contribution in [0.2, 0.25) is 0 Å². The molecule has 0 bridgehead atoms. The summed E-state index contributed by atoms with van der Waals surface area (Å²) < 4.78 is 64.8. The summed E-state index contributed by atoms with van der Waals surface area (Å²) in [5.74, 6) is -1.75. The van der Waals surface area contributed by atoms with Gasteiger partial charge in [-0.2, -0.15) is 16.8 Å². The molecule has 168 valence electrons. The van der Waals surface area contributed by atoms with Gasteiger partial charge in [-0.05, 0) is 48.5 Å². The van der Waals surface area contributed by atoms with E-state index in [-0.39, 0.29) is 28.6 Å². The number of amides is 1. The van der Waals surface area contributed by atoms with E-state index in [1.165, 1.54) is 48.5 Å². The molecule has 1 heterocycles. The molecule has 32 heavy (non-hydrogen) atoms. The number of hydrogen-bond donors (Lipinski definition) is 6. The number of carbonyl (C=O) groups excluding carboxylic acids is 2. The second-order valence-corrected chi connectivity index (χ2v) is 8.55. The van der Waals surface area contributed by atoms with E-state index < -0.39 is 32.3 Å². The molecule has 0 atom stereocenters. The van der Waals surface area contributed by atoms with Gasteiger partial charge in [0.1, 0.15) is 0 Å². The van der Waals surface area contributed by atoms with E-state index >= 15 is 0 Å². The number of rotatable bonds is 7. The third-order valence-electron chi connectivity index (χ3n) is 3.75. The van der Waals surface area contributed by atoms with Gasteiger partial charge < -0.3 is 10.6 Å². The SMILES string of the molecule is O=C1C=C(Nc2ccc(NS(=O)(=O)O)cc2)C(=Nc2ccc(NS(=O)(=O)O)cc2)NC1=O. The fourth-order valence-corrected chi connectivity index (χ4v) is 3.36. The molecule has 0 fully saturated rings. The van der Waals surface area contributed by atoms with E-state index in [1.807, 2.05) is 9.44 Å². The molecule has 15 heteroatoms. The van der Waals surface area contributed by atoms with Gasteiger partial charge in [-0.25, -0.2) is 4.99 Å². The minimum absolute atomic E-state index is 0.00905. The topological polar surface area (TPSA) is 203 Å². The third kappa shape index (κ3) is 6.61. The van der Waals surface area contributed by atoms with E-state index in [1.54, 1.807) is 0 Å². The Labute approximate surface area is 182 Å². The molecule has 2 aromatic rings. The van der Waals surface area contributed by atoms with Crippen molar-refractivity contribution in [1.82, 2.24) is 5.32 Å². The van der Waals surface area contributed by atoms with Crippen LogP contribution in [0.1, 0.15) is 0 Å². The minimum atomic E-state index is -4.44. The Morgan fingerprint density at radius 2 is 1.22 bits per heavy atom. The fraction of sp³-hybridized carbons (Fsp3) is 0. The van der Waals surface area contributed by atoms with Crippen LogP contribution in [0.15, 0.2) is 65.3 Å². The molecule has 13 nitrogen and oxygen atoms in total. The lowest BCUT2D eigenvalue weighted by atomic mass is 10.2. The third-order valence-corrected chi connectivity index (χ3v) is 4.74. The highest BCUT2D eigenvalue weighted by Crippen LogP contribution is 2.21. The van der Waals surface area contributed by atoms with Gasteiger partial charge >= 0.3 is 20.6 Å². The number of hydrogen-bond acceptors (Lipinski definition) is 8. The first kappa shape index (κ1) is 22.9. The Morgan fingerprint density at radius 3 is 1.72 bits per heavy atom. The van der Waals surface area contributed by atoms with Crippen LogP contribution >= 0.6 is 0 Å². The zero-order chi connectivity index (χ0) is 23.5. The first-order valence-electron chi connectivity index (χ1n) is 8.52. The number of aliphatic imine (C=N–C) groups is 1. The number of anilines is 3. The Kier molecular flexibility index (Phi) is 6.26. The van der Waals surface area contributed by atoms with E-state index in [0.29, 0.717) is 5.69 Å². The van der Waals surface area contributed by atoms with Gasteiger partial charge in [-0.1, -0.05) is 0 Å². The molecule has 0 unspecified atom stereocenters. The molecule has 1 aliphatic heterocycles. The van der Waals surface area contributed by atoms with Crippen molar-refractivity contribution in [3.8, 4) is 0 Å². The molecule has 0 spiro atoms. The average Bonchev–Trinajstić information content (AvgIpc) is 2.66. The van der Waals surface area contributed by atoms with Gasteiger partial charge in [-0.15, -0.1) is 0 Å². The summed E-state index contributed by atoms with van der Waals surface area (Å²) in [4.78, 5) is 27.8. The molecule has 3 rings (SSSR count). The molecule has 0 radical (unpaired) electrons. The van der Waals surface area contributed by atoms with Crippen molar-refractivity contribution in [2.45, 2.75) is 0 Å². The van der Waals surface area contributed by atoms with Crippen molar-refractivity contribution < 1.29 is 35.5 Å². The Bertz CT molecular complexity index is 1330. The van der Waals surface area contributed by atoms with Crippen molar-refractivity contribution in [2.75, 3.05) is 14.8 Å². The zero-order valence-corrected chi connectivity index (χ0v) is 17.4. The summed E-state index contributed by atoms with van der Waals surface area (Å²) in [5.41, 5.74) is 0.988. The lowest BCUT2D eigenvalue weighted by Gasteiger charge is -2.18. The smallest absolute Gasteiger partial charge is 0.352 e. The molecule has 0 saturated carbocycles. The molecular formula is C17H15N5O8S2. The maximum absolute atomic E-state index is 11.8. The number of ketones is 1. The van der Waals surface area contributed by atoms with Crippen LogP contribution in [0.25, 0.3) is 0 Å². The lowest BCUT2D eigenvalue weighted by Crippen LogP contribution is -2.42. The van der Waals surface area contributed by atoms with Crippen LogP contribution in [0, 0.1) is 0 Å². The van der Waals surface area contributed by atoms with Gasteiger partial charge in [0.25, 0.3) is 5.91 Å². The van der Waals surface area contributed by atoms with Gasteiger partial charge in [0.15, 0.2) is 5.84 Å². The lowest BCUT2D eigenvalue weighted by molar-refractivity contribution is -0.134. The van der Waals surface area contributed by atoms with Crippen molar-refractivity contribution in [1.29, 1.82) is 0 Å². The number of amidine groups is 1. The second-order valence-electron chi connectivity index (χ2n) is 6.24. The van der Waals surface area contributed by atoms with Crippen molar-refractivity contribution in [3.63, 3.8) is 0 Å². The van der Waals surface area contributed by atoms with E-state index in [2.05, 4.69) is 15.6 Å². The first-order valence-corrected chi connectivity index (χ1v) is 11.4. The quantitative estimate of drug-likeness (QED) is 0.244. The first-order chi connectivity index (χ1) is 14.9. The van der Waals surface area contributed by atoms with E-state index in [9.17, 15) is 26.4 Å². The predicted molar refractivity (Wildman–Crippen MR) is 115 cm³/mol. The number of nitrogens with one attached hydrogen (secondary N) is 4. The van der Waals surface area contributed by atoms with E-state index in [0.717, 1.165) is 6.08 Å². The average molecular weight is 481 g/mol. The summed E-state index contributed by atoms with van der Waals surface area (Å²) in [5, 5.41) is 5.20. The number of carbonyl (C=O) groups is 2. The van der Waals surface area contributed by atoms with Crippen LogP contribution in [-0.4, -0.2) is 43.5 Å². The number of nitrogens with zero attached hydrogens (tertiary/aromatic N) is 1. The maximum Gasteiger partial charge on any atom is 0.357 e. The molecule has 0 aromatic heterocycles. The molecule has 1 amide bonds. The summed E-state index contributed by atoms with van der Waals surface area (Å²) in [6.07, 6.45) is 1.02. The largest absolute Gasteiger partial charge is 0.357 e. The van der Waals surface area contributed by atoms with E-state index in [4.69, 9.17) is 9.11 Å². The van der Waals surface area contributed by atoms with Gasteiger partial charge in [0.2, 0.25) is 5.78 Å². The van der Waals surface area contributed by atoms with Crippen molar-refractivity contribution in [3.05, 3.63) is 60.3 Å². The van der Waals surface area contributed by atoms with Crippen molar-refractivity contribution in [2.24, 2.45) is 4.99 Å². The Hall–Kier alpha value is -3.79. The highest BCUT2D eigenvalue weighted by molar-refractivity contribution is 7.87. The highest BCUT2D eigenvalue weighted by atomic mass is 32.2. The second kappa shape index (κ2) is 8.75. The molecule has 1 aliphatic rings. The Balaban J connectivity index is 1.84. The standard InChI is InChI=1S/C17H15N5O8S2/c23-15-9-14(18-10-1-5-12(6-2-10)21-31(25,26)27)16(20-17(15)24)19-11-3-7-13(8-4-11)22-32(28,29)30/h1-9,18,21-22H,(H,19,20,24)(H,25,26,27)(H,28,29,30). The van der Waals surface area contributed by atoms with Crippen molar-refractivity contribution >= 4 is 60.9 Å². The van der Waals surface area contributed by atoms with Crippen LogP contribution in [0.3, 0.4) is 0 Å². The minimum Gasteiger partial charge on any atom is -0.352 e. The zero-order valence-electron chi connectivity index (χ0n) is 15.8. The van der Waals surface area contributed by atoms with Crippen LogP contribution in [0.5, 0.6) is 0 Å². The molecule has 6 N–H and O–H groups in total. The summed E-state index contributed by atoms with van der Waals surface area (Å²) in [6.45, 7) is 0. The van der Waals surface area contributed by atoms with Crippen LogP contribution in [0.4, 0.5) is 22.7 Å². The van der Waals surface area contributed by atoms with Gasteiger partial charge in [0, 0.05) is 11.8 Å². The fourth-order valence-electron chi connectivity index (χ4n) is 2.49. The monoisotopic (exact) mass is 481 g/mol. The molecular weight excluding hydrogens is 466 g/mol. The van der Waals surface area contributed by atoms with Gasteiger partial charge in [-0.3, -0.25) is 28.1 Å². The van der Waals surface area contributed by atoms with Crippen LogP contribution in [-0.2, 0) is 30.2 Å². The molecule has 0 saturated heterocycles. The maximum atomic E-state index is 11.8. The predicted octanol–water partition coefficient (Wildman–Crippen LogP) is 0.841. The highest BCUT2D eigenvalue weighted by Gasteiger charge is 2.24. The van der Waals surface area contributed by atoms with Gasteiger partial charge in [0.05, 0.1) is 22.8 Å². The molecule has 0 aliphatic carbocycles. The molecule has 2 aromatic carbocycles. The summed E-state index contributed by atoms with van der Waals surface area (Å²) >= 11 is 0. The number of benzene rings is 2. The van der Waals surface area contributed by atoms with Crippen LogP contribution < -0.4 is 20.1 Å². The summed E-state index contributed by atoms with van der Waals surface area (Å²) in [7, 11) is -8.87. The Morgan fingerprint density at radius 1 is 0.750 bits per heavy atom. The normalized spacial score (nSPS) is 15.7. The summed E-state index contributed by atoms with van der Waals surface area (Å²) in [6, 6.07) is 11.0.